The summed E-state index contributed by atoms with van der Waals surface area (Å²) in [7, 11) is 0. The van der Waals surface area contributed by atoms with Gasteiger partial charge in [0.1, 0.15) is 0 Å². The number of likely N-dealkylation sites (tertiary alicyclic amines) is 1. The summed E-state index contributed by atoms with van der Waals surface area (Å²) in [5.74, 6) is -0.679. The molecule has 0 saturated carbocycles. The summed E-state index contributed by atoms with van der Waals surface area (Å²) in [6, 6.07) is 7.11. The van der Waals surface area contributed by atoms with Crippen molar-refractivity contribution in [1.82, 2.24) is 10.2 Å². The second-order valence-corrected chi connectivity index (χ2v) is 6.28. The molecule has 2 rings (SSSR count). The van der Waals surface area contributed by atoms with Crippen molar-refractivity contribution in [1.29, 1.82) is 0 Å². The first-order valence-electron chi connectivity index (χ1n) is 8.86. The summed E-state index contributed by atoms with van der Waals surface area (Å²) < 4.78 is 5.09. The number of hydrogen-bond donors (Lipinski definition) is 1. The van der Waals surface area contributed by atoms with Crippen LogP contribution in [0.1, 0.15) is 55.5 Å². The quantitative estimate of drug-likeness (QED) is 0.733. The molecular weight excluding hydrogens is 320 g/mol. The van der Waals surface area contributed by atoms with E-state index in [0.29, 0.717) is 18.5 Å². The van der Waals surface area contributed by atoms with E-state index in [0.717, 1.165) is 31.4 Å². The second-order valence-electron chi connectivity index (χ2n) is 6.28. The van der Waals surface area contributed by atoms with Crippen LogP contribution in [0.25, 0.3) is 0 Å². The number of carbonyl (C=O) groups is 3. The van der Waals surface area contributed by atoms with Crippen molar-refractivity contribution in [2.24, 2.45) is 0 Å². The van der Waals surface area contributed by atoms with Crippen molar-refractivity contribution in [3.05, 3.63) is 35.4 Å². The van der Waals surface area contributed by atoms with Crippen molar-refractivity contribution in [2.45, 2.75) is 52.1 Å². The van der Waals surface area contributed by atoms with Crippen LogP contribution >= 0.6 is 0 Å². The number of amides is 2. The van der Waals surface area contributed by atoms with Crippen LogP contribution in [0.4, 0.5) is 0 Å². The molecule has 1 saturated heterocycles. The fourth-order valence-corrected chi connectivity index (χ4v) is 2.86. The number of rotatable bonds is 8. The van der Waals surface area contributed by atoms with Crippen molar-refractivity contribution in [3.63, 3.8) is 0 Å². The molecule has 0 aliphatic carbocycles. The highest BCUT2D eigenvalue weighted by molar-refractivity contribution is 5.91. The maximum atomic E-state index is 12.1. The van der Waals surface area contributed by atoms with Crippen LogP contribution in [0.5, 0.6) is 0 Å². The topological polar surface area (TPSA) is 75.7 Å². The van der Waals surface area contributed by atoms with Gasteiger partial charge in [-0.2, -0.15) is 0 Å². The highest BCUT2D eigenvalue weighted by Gasteiger charge is 2.20. The first kappa shape index (κ1) is 19.0. The number of nitrogens with one attached hydrogen (secondary N) is 1. The third-order valence-electron chi connectivity index (χ3n) is 4.39. The monoisotopic (exact) mass is 346 g/mol. The van der Waals surface area contributed by atoms with E-state index in [4.69, 9.17) is 4.74 Å². The van der Waals surface area contributed by atoms with E-state index in [2.05, 4.69) is 5.32 Å². The zero-order valence-corrected chi connectivity index (χ0v) is 14.9. The first-order valence-corrected chi connectivity index (χ1v) is 8.86. The Morgan fingerprint density at radius 1 is 1.28 bits per heavy atom. The average molecular weight is 346 g/mol. The van der Waals surface area contributed by atoms with Crippen LogP contribution in [-0.4, -0.2) is 41.9 Å². The van der Waals surface area contributed by atoms with Crippen LogP contribution in [0, 0.1) is 0 Å². The molecule has 1 heterocycles. The van der Waals surface area contributed by atoms with Gasteiger partial charge in [-0.1, -0.05) is 26.0 Å². The molecule has 1 aromatic rings. The Morgan fingerprint density at radius 3 is 2.68 bits per heavy atom. The molecule has 0 radical (unpaired) electrons. The maximum absolute atomic E-state index is 12.1. The normalized spacial score (nSPS) is 14.0. The van der Waals surface area contributed by atoms with E-state index in [1.165, 1.54) is 0 Å². The molecule has 0 bridgehead atoms. The predicted octanol–water partition coefficient (Wildman–Crippen LogP) is 2.27. The molecule has 1 N–H and O–H groups in total. The van der Waals surface area contributed by atoms with Gasteiger partial charge in [-0.15, -0.1) is 0 Å². The minimum Gasteiger partial charge on any atom is -0.452 e. The van der Waals surface area contributed by atoms with E-state index in [1.807, 2.05) is 19.9 Å². The Kier molecular flexibility index (Phi) is 6.98. The number of benzene rings is 1. The fraction of sp³-hybridized carbons (Fsp3) is 0.526. The summed E-state index contributed by atoms with van der Waals surface area (Å²) in [5.41, 5.74) is 1.27. The van der Waals surface area contributed by atoms with Gasteiger partial charge in [-0.05, 0) is 37.0 Å². The predicted molar refractivity (Wildman–Crippen MR) is 93.9 cm³/mol. The van der Waals surface area contributed by atoms with Gasteiger partial charge in [0, 0.05) is 25.6 Å². The van der Waals surface area contributed by atoms with E-state index in [-0.39, 0.29) is 24.5 Å². The standard InChI is InChI=1S/C19H26N2O4/c1-3-16(4-2)20-17(22)13-25-19(24)15-8-5-7-14(11-15)12-21-10-6-9-18(21)23/h5,7-8,11,16H,3-4,6,9-10,12-13H2,1-2H3,(H,20,22). The fourth-order valence-electron chi connectivity index (χ4n) is 2.86. The van der Waals surface area contributed by atoms with Crippen LogP contribution in [0.3, 0.4) is 0 Å². The Labute approximate surface area is 148 Å². The molecule has 6 heteroatoms. The van der Waals surface area contributed by atoms with Crippen molar-refractivity contribution in [2.75, 3.05) is 13.2 Å². The Morgan fingerprint density at radius 2 is 2.04 bits per heavy atom. The smallest absolute Gasteiger partial charge is 0.338 e. The van der Waals surface area contributed by atoms with Gasteiger partial charge in [-0.25, -0.2) is 4.79 Å². The molecule has 1 aliphatic heterocycles. The van der Waals surface area contributed by atoms with Gasteiger partial charge in [-0.3, -0.25) is 9.59 Å². The molecule has 1 aromatic carbocycles. The summed E-state index contributed by atoms with van der Waals surface area (Å²) >= 11 is 0. The molecule has 6 nitrogen and oxygen atoms in total. The SMILES string of the molecule is CCC(CC)NC(=O)COC(=O)c1cccc(CN2CCCC2=O)c1. The third-order valence-corrected chi connectivity index (χ3v) is 4.39. The minimum atomic E-state index is -0.533. The molecule has 0 atom stereocenters. The van der Waals surface area contributed by atoms with Gasteiger partial charge in [0.05, 0.1) is 5.56 Å². The van der Waals surface area contributed by atoms with Crippen LogP contribution in [0.15, 0.2) is 24.3 Å². The zero-order valence-electron chi connectivity index (χ0n) is 14.9. The molecule has 0 spiro atoms. The number of nitrogens with zero attached hydrogens (tertiary/aromatic N) is 1. The van der Waals surface area contributed by atoms with Crippen LogP contribution in [0.2, 0.25) is 0 Å². The molecule has 25 heavy (non-hydrogen) atoms. The van der Waals surface area contributed by atoms with E-state index >= 15 is 0 Å². The van der Waals surface area contributed by atoms with E-state index < -0.39 is 5.97 Å². The lowest BCUT2D eigenvalue weighted by Gasteiger charge is -2.16. The van der Waals surface area contributed by atoms with Gasteiger partial charge in [0.25, 0.3) is 5.91 Å². The molecule has 1 fully saturated rings. The number of esters is 1. The Hall–Kier alpha value is -2.37. The third kappa shape index (κ3) is 5.59. The lowest BCUT2D eigenvalue weighted by molar-refractivity contribution is -0.128. The summed E-state index contributed by atoms with van der Waals surface area (Å²) in [4.78, 5) is 37.4. The summed E-state index contributed by atoms with van der Waals surface area (Å²) in [6.45, 7) is 4.96. The molecule has 2 amide bonds. The molecule has 0 aromatic heterocycles. The van der Waals surface area contributed by atoms with Crippen LogP contribution in [-0.2, 0) is 20.9 Å². The number of carbonyl (C=O) groups excluding carboxylic acids is 3. The maximum Gasteiger partial charge on any atom is 0.338 e. The highest BCUT2D eigenvalue weighted by Crippen LogP contribution is 2.15. The summed E-state index contributed by atoms with van der Waals surface area (Å²) in [6.07, 6.45) is 3.15. The van der Waals surface area contributed by atoms with E-state index in [9.17, 15) is 14.4 Å². The number of hydrogen-bond acceptors (Lipinski definition) is 4. The van der Waals surface area contributed by atoms with E-state index in [1.54, 1.807) is 23.1 Å². The van der Waals surface area contributed by atoms with Gasteiger partial charge in [0.15, 0.2) is 6.61 Å². The lowest BCUT2D eigenvalue weighted by Crippen LogP contribution is -2.36. The highest BCUT2D eigenvalue weighted by atomic mass is 16.5. The molecule has 136 valence electrons. The average Bonchev–Trinajstić information content (AvgIpc) is 3.02. The molecular formula is C19H26N2O4. The second kappa shape index (κ2) is 9.20. The summed E-state index contributed by atoms with van der Waals surface area (Å²) in [5, 5.41) is 2.83. The van der Waals surface area contributed by atoms with Gasteiger partial charge >= 0.3 is 5.97 Å². The Bertz CT molecular complexity index is 626. The Balaban J connectivity index is 1.88. The lowest BCUT2D eigenvalue weighted by atomic mass is 10.1. The first-order chi connectivity index (χ1) is 12.0. The largest absolute Gasteiger partial charge is 0.452 e. The minimum absolute atomic E-state index is 0.104. The number of ether oxygens (including phenoxy) is 1. The van der Waals surface area contributed by atoms with Gasteiger partial charge < -0.3 is 15.0 Å². The molecule has 0 unspecified atom stereocenters. The van der Waals surface area contributed by atoms with Gasteiger partial charge in [0.2, 0.25) is 5.91 Å². The van der Waals surface area contributed by atoms with Crippen LogP contribution < -0.4 is 5.32 Å². The van der Waals surface area contributed by atoms with Crippen molar-refractivity contribution >= 4 is 17.8 Å². The van der Waals surface area contributed by atoms with Crippen molar-refractivity contribution in [3.8, 4) is 0 Å². The molecule has 1 aliphatic rings. The van der Waals surface area contributed by atoms with Crippen molar-refractivity contribution < 1.29 is 19.1 Å². The zero-order chi connectivity index (χ0) is 18.2.